The minimum absolute atomic E-state index is 0.198. The fraction of sp³-hybridized carbons (Fsp3) is 0.941. The Kier molecular flexibility index (Phi) is 5.48. The van der Waals surface area contributed by atoms with Gasteiger partial charge >= 0.3 is 0 Å². The van der Waals surface area contributed by atoms with Crippen LogP contribution in [0, 0.1) is 11.3 Å². The molecule has 0 aromatic carbocycles. The van der Waals surface area contributed by atoms with E-state index in [1.165, 1.54) is 32.1 Å². The summed E-state index contributed by atoms with van der Waals surface area (Å²) in [5, 5.41) is 6.93. The first-order valence-electron chi connectivity index (χ1n) is 8.56. The molecule has 116 valence electrons. The van der Waals surface area contributed by atoms with Gasteiger partial charge in [-0.05, 0) is 56.9 Å². The maximum Gasteiger partial charge on any atom is 0.223 e. The van der Waals surface area contributed by atoms with E-state index in [0.29, 0.717) is 18.0 Å². The smallest absolute Gasteiger partial charge is 0.223 e. The molecule has 0 spiro atoms. The maximum absolute atomic E-state index is 12.5. The molecule has 3 nitrogen and oxygen atoms in total. The lowest BCUT2D eigenvalue weighted by Crippen LogP contribution is -2.45. The van der Waals surface area contributed by atoms with Crippen LogP contribution >= 0.6 is 0 Å². The van der Waals surface area contributed by atoms with Gasteiger partial charge in [0.2, 0.25) is 5.91 Å². The molecular weight excluding hydrogens is 248 g/mol. The van der Waals surface area contributed by atoms with E-state index >= 15 is 0 Å². The molecule has 2 saturated carbocycles. The highest BCUT2D eigenvalue weighted by Crippen LogP contribution is 2.42. The van der Waals surface area contributed by atoms with E-state index in [4.69, 9.17) is 0 Å². The van der Waals surface area contributed by atoms with Crippen LogP contribution in [-0.4, -0.2) is 24.5 Å². The Hall–Kier alpha value is -0.570. The van der Waals surface area contributed by atoms with Crippen LogP contribution in [-0.2, 0) is 4.79 Å². The fourth-order valence-corrected chi connectivity index (χ4v) is 3.90. The summed E-state index contributed by atoms with van der Waals surface area (Å²) < 4.78 is 0. The molecule has 0 aromatic heterocycles. The maximum atomic E-state index is 12.5. The summed E-state index contributed by atoms with van der Waals surface area (Å²) in [6.45, 7) is 7.83. The van der Waals surface area contributed by atoms with Crippen molar-refractivity contribution in [3.05, 3.63) is 0 Å². The molecule has 1 atom stereocenters. The highest BCUT2D eigenvalue weighted by atomic mass is 16.2. The topological polar surface area (TPSA) is 41.1 Å². The predicted octanol–water partition coefficient (Wildman–Crippen LogP) is 3.24. The van der Waals surface area contributed by atoms with Crippen molar-refractivity contribution in [1.29, 1.82) is 0 Å². The third-order valence-electron chi connectivity index (χ3n) is 5.33. The molecule has 0 radical (unpaired) electrons. The van der Waals surface area contributed by atoms with E-state index in [0.717, 1.165) is 25.8 Å². The van der Waals surface area contributed by atoms with Crippen molar-refractivity contribution < 1.29 is 4.79 Å². The van der Waals surface area contributed by atoms with Crippen molar-refractivity contribution >= 4 is 5.91 Å². The summed E-state index contributed by atoms with van der Waals surface area (Å²) in [6.07, 6.45) is 9.37. The van der Waals surface area contributed by atoms with Crippen LogP contribution < -0.4 is 10.6 Å². The van der Waals surface area contributed by atoms with Gasteiger partial charge in [0, 0.05) is 18.0 Å². The highest BCUT2D eigenvalue weighted by molar-refractivity contribution is 5.80. The van der Waals surface area contributed by atoms with Gasteiger partial charge in [-0.2, -0.15) is 0 Å². The first kappa shape index (κ1) is 15.8. The van der Waals surface area contributed by atoms with E-state index in [9.17, 15) is 4.79 Å². The highest BCUT2D eigenvalue weighted by Gasteiger charge is 2.39. The summed E-state index contributed by atoms with van der Waals surface area (Å²) in [6, 6.07) is 1.09. The Morgan fingerprint density at radius 1 is 1.10 bits per heavy atom. The van der Waals surface area contributed by atoms with Crippen LogP contribution in [0.3, 0.4) is 0 Å². The van der Waals surface area contributed by atoms with Crippen LogP contribution in [0.1, 0.15) is 72.1 Å². The van der Waals surface area contributed by atoms with Gasteiger partial charge in [-0.1, -0.05) is 27.2 Å². The summed E-state index contributed by atoms with van der Waals surface area (Å²) in [5.41, 5.74) is 0.198. The average Bonchev–Trinajstić information content (AvgIpc) is 2.77. The summed E-state index contributed by atoms with van der Waals surface area (Å²) in [4.78, 5) is 12.5. The molecule has 0 aliphatic heterocycles. The van der Waals surface area contributed by atoms with Crippen molar-refractivity contribution in [2.45, 2.75) is 84.2 Å². The van der Waals surface area contributed by atoms with Gasteiger partial charge in [0.1, 0.15) is 0 Å². The first-order valence-corrected chi connectivity index (χ1v) is 8.56. The second-order valence-corrected chi connectivity index (χ2v) is 7.44. The zero-order valence-electron chi connectivity index (χ0n) is 13.5. The second-order valence-electron chi connectivity index (χ2n) is 7.44. The molecule has 2 fully saturated rings. The number of amides is 1. The van der Waals surface area contributed by atoms with Gasteiger partial charge in [-0.3, -0.25) is 4.79 Å². The minimum atomic E-state index is 0.198. The Balaban J connectivity index is 1.74. The van der Waals surface area contributed by atoms with E-state index in [2.05, 4.69) is 31.4 Å². The molecule has 1 unspecified atom stereocenters. The van der Waals surface area contributed by atoms with Crippen molar-refractivity contribution in [1.82, 2.24) is 10.6 Å². The normalized spacial score (nSPS) is 33.0. The SMILES string of the molecule is CCCNC1CCC(NC(=O)C2CCCC2(C)C)CC1. The standard InChI is InChI=1S/C17H32N2O/c1-4-12-18-13-7-9-14(10-8-13)19-16(20)15-6-5-11-17(15,2)3/h13-15,18H,4-12H2,1-3H3,(H,19,20). The summed E-state index contributed by atoms with van der Waals surface area (Å²) in [5.74, 6) is 0.552. The molecule has 1 amide bonds. The van der Waals surface area contributed by atoms with Crippen molar-refractivity contribution in [3.63, 3.8) is 0 Å². The molecule has 0 saturated heterocycles. The predicted molar refractivity (Wildman–Crippen MR) is 83.6 cm³/mol. The summed E-state index contributed by atoms with van der Waals surface area (Å²) >= 11 is 0. The molecule has 0 aromatic rings. The zero-order valence-corrected chi connectivity index (χ0v) is 13.5. The molecule has 20 heavy (non-hydrogen) atoms. The molecule has 3 heteroatoms. The first-order chi connectivity index (χ1) is 9.53. The largest absolute Gasteiger partial charge is 0.353 e. The molecule has 2 N–H and O–H groups in total. The number of hydrogen-bond donors (Lipinski definition) is 2. The van der Waals surface area contributed by atoms with E-state index in [-0.39, 0.29) is 11.3 Å². The number of hydrogen-bond acceptors (Lipinski definition) is 2. The van der Waals surface area contributed by atoms with Crippen molar-refractivity contribution in [2.24, 2.45) is 11.3 Å². The minimum Gasteiger partial charge on any atom is -0.353 e. The molecule has 0 bridgehead atoms. The van der Waals surface area contributed by atoms with Crippen LogP contribution in [0.25, 0.3) is 0 Å². The molecular formula is C17H32N2O. The third-order valence-corrected chi connectivity index (χ3v) is 5.33. The second kappa shape index (κ2) is 6.93. The fourth-order valence-electron chi connectivity index (χ4n) is 3.90. The lowest BCUT2D eigenvalue weighted by atomic mass is 9.81. The van der Waals surface area contributed by atoms with Crippen LogP contribution in [0.5, 0.6) is 0 Å². The van der Waals surface area contributed by atoms with Crippen LogP contribution in [0.2, 0.25) is 0 Å². The molecule has 2 aliphatic rings. The average molecular weight is 280 g/mol. The number of carbonyl (C=O) groups is 1. The summed E-state index contributed by atoms with van der Waals surface area (Å²) in [7, 11) is 0. The van der Waals surface area contributed by atoms with Crippen molar-refractivity contribution in [3.8, 4) is 0 Å². The van der Waals surface area contributed by atoms with E-state index in [1.807, 2.05) is 0 Å². The number of nitrogens with one attached hydrogen (secondary N) is 2. The van der Waals surface area contributed by atoms with Gasteiger partial charge in [0.15, 0.2) is 0 Å². The Labute approximate surface area is 124 Å². The van der Waals surface area contributed by atoms with Gasteiger partial charge in [-0.15, -0.1) is 0 Å². The van der Waals surface area contributed by atoms with Crippen molar-refractivity contribution in [2.75, 3.05) is 6.54 Å². The Morgan fingerprint density at radius 2 is 1.75 bits per heavy atom. The van der Waals surface area contributed by atoms with Crippen LogP contribution in [0.15, 0.2) is 0 Å². The number of rotatable bonds is 5. The third kappa shape index (κ3) is 3.97. The van der Waals surface area contributed by atoms with Crippen LogP contribution in [0.4, 0.5) is 0 Å². The van der Waals surface area contributed by atoms with Gasteiger partial charge in [0.05, 0.1) is 0 Å². The zero-order chi connectivity index (χ0) is 14.6. The molecule has 0 heterocycles. The lowest BCUT2D eigenvalue weighted by Gasteiger charge is -2.32. The lowest BCUT2D eigenvalue weighted by molar-refractivity contribution is -0.128. The van der Waals surface area contributed by atoms with Gasteiger partial charge in [-0.25, -0.2) is 0 Å². The Bertz CT molecular complexity index is 319. The van der Waals surface area contributed by atoms with Gasteiger partial charge in [0.25, 0.3) is 0 Å². The number of carbonyl (C=O) groups excluding carboxylic acids is 1. The quantitative estimate of drug-likeness (QED) is 0.811. The monoisotopic (exact) mass is 280 g/mol. The molecule has 2 rings (SSSR count). The van der Waals surface area contributed by atoms with Gasteiger partial charge < -0.3 is 10.6 Å². The Morgan fingerprint density at radius 3 is 2.30 bits per heavy atom. The molecule has 2 aliphatic carbocycles. The van der Waals surface area contributed by atoms with E-state index < -0.39 is 0 Å². The van der Waals surface area contributed by atoms with E-state index in [1.54, 1.807) is 0 Å².